The number of nitrogens with one attached hydrogen (secondary N) is 2. The molecule has 1 saturated carbocycles. The maximum atomic E-state index is 13.2. The van der Waals surface area contributed by atoms with E-state index in [0.29, 0.717) is 19.0 Å². The SMILES string of the molecule is O=C(CCNC(=O)C1SCCS1)NCC1CCCCN1C(=O)c1cccc(C2CC2)c1. The van der Waals surface area contributed by atoms with Crippen molar-refractivity contribution in [3.8, 4) is 0 Å². The Labute approximate surface area is 192 Å². The molecule has 168 valence electrons. The summed E-state index contributed by atoms with van der Waals surface area (Å²) in [5, 5.41) is 5.83. The first-order valence-corrected chi connectivity index (χ1v) is 13.4. The Morgan fingerprint density at radius 3 is 2.61 bits per heavy atom. The molecule has 2 N–H and O–H groups in total. The molecule has 3 fully saturated rings. The van der Waals surface area contributed by atoms with Crippen LogP contribution in [-0.4, -0.2) is 64.4 Å². The van der Waals surface area contributed by atoms with E-state index in [1.54, 1.807) is 23.5 Å². The standard InChI is InChI=1S/C23H31N3O3S2/c27-20(9-10-24-21(28)23-30-12-13-31-23)25-15-19-6-1-2-11-26(19)22(29)18-5-3-4-17(14-18)16-7-8-16/h3-5,14,16,19,23H,1-2,6-13,15H2,(H,24,28)(H,25,27). The molecule has 4 rings (SSSR count). The van der Waals surface area contributed by atoms with E-state index in [0.717, 1.165) is 42.9 Å². The molecule has 1 aromatic carbocycles. The summed E-state index contributed by atoms with van der Waals surface area (Å²) in [6.07, 6.45) is 5.67. The Kier molecular flexibility index (Phi) is 7.82. The summed E-state index contributed by atoms with van der Waals surface area (Å²) in [4.78, 5) is 39.4. The molecule has 3 amide bonds. The predicted molar refractivity (Wildman–Crippen MR) is 126 cm³/mol. The molecule has 8 heteroatoms. The highest BCUT2D eigenvalue weighted by Crippen LogP contribution is 2.40. The van der Waals surface area contributed by atoms with Gasteiger partial charge in [-0.1, -0.05) is 12.1 Å². The number of carbonyl (C=O) groups excluding carboxylic acids is 3. The largest absolute Gasteiger partial charge is 0.354 e. The molecule has 3 aliphatic rings. The van der Waals surface area contributed by atoms with Crippen molar-refractivity contribution in [2.24, 2.45) is 0 Å². The third-order valence-corrected chi connectivity index (χ3v) is 9.08. The van der Waals surface area contributed by atoms with Crippen LogP contribution in [0.4, 0.5) is 0 Å². The van der Waals surface area contributed by atoms with Gasteiger partial charge in [-0.25, -0.2) is 0 Å². The predicted octanol–water partition coefficient (Wildman–Crippen LogP) is 2.99. The molecular weight excluding hydrogens is 430 g/mol. The maximum Gasteiger partial charge on any atom is 0.254 e. The van der Waals surface area contributed by atoms with Gasteiger partial charge in [-0.3, -0.25) is 14.4 Å². The lowest BCUT2D eigenvalue weighted by Crippen LogP contribution is -2.49. The van der Waals surface area contributed by atoms with Crippen LogP contribution in [-0.2, 0) is 9.59 Å². The van der Waals surface area contributed by atoms with Crippen molar-refractivity contribution in [1.82, 2.24) is 15.5 Å². The smallest absolute Gasteiger partial charge is 0.254 e. The first kappa shape index (κ1) is 22.5. The van der Waals surface area contributed by atoms with E-state index >= 15 is 0 Å². The molecule has 2 aliphatic heterocycles. The van der Waals surface area contributed by atoms with E-state index in [9.17, 15) is 14.4 Å². The fraction of sp³-hybridized carbons (Fsp3) is 0.609. The topological polar surface area (TPSA) is 78.5 Å². The number of thioether (sulfide) groups is 2. The van der Waals surface area contributed by atoms with Gasteiger partial charge >= 0.3 is 0 Å². The van der Waals surface area contributed by atoms with E-state index < -0.39 is 0 Å². The van der Waals surface area contributed by atoms with Crippen LogP contribution < -0.4 is 10.6 Å². The summed E-state index contributed by atoms with van der Waals surface area (Å²) < 4.78 is -0.0386. The minimum atomic E-state index is -0.0827. The number of carbonyl (C=O) groups is 3. The fourth-order valence-corrected chi connectivity index (χ4v) is 6.83. The molecule has 0 radical (unpaired) electrons. The minimum absolute atomic E-state index is 0.0118. The van der Waals surface area contributed by atoms with Crippen molar-refractivity contribution in [2.45, 2.75) is 55.1 Å². The van der Waals surface area contributed by atoms with E-state index in [4.69, 9.17) is 0 Å². The highest BCUT2D eigenvalue weighted by Gasteiger charge is 2.29. The number of hydrogen-bond donors (Lipinski definition) is 2. The van der Waals surface area contributed by atoms with Crippen LogP contribution in [0.25, 0.3) is 0 Å². The van der Waals surface area contributed by atoms with Gasteiger partial charge in [0.25, 0.3) is 5.91 Å². The van der Waals surface area contributed by atoms with Crippen LogP contribution in [0.1, 0.15) is 60.4 Å². The van der Waals surface area contributed by atoms with Crippen molar-refractivity contribution < 1.29 is 14.4 Å². The van der Waals surface area contributed by atoms with Crippen molar-refractivity contribution in [3.05, 3.63) is 35.4 Å². The molecule has 2 saturated heterocycles. The first-order chi connectivity index (χ1) is 15.1. The average molecular weight is 462 g/mol. The third-order valence-electron chi connectivity index (χ3n) is 6.09. The van der Waals surface area contributed by atoms with Gasteiger partial charge in [0.2, 0.25) is 11.8 Å². The van der Waals surface area contributed by atoms with Gasteiger partial charge in [-0.05, 0) is 55.7 Å². The monoisotopic (exact) mass is 461 g/mol. The Bertz CT molecular complexity index is 809. The van der Waals surface area contributed by atoms with Gasteiger partial charge in [-0.15, -0.1) is 23.5 Å². The number of benzene rings is 1. The summed E-state index contributed by atoms with van der Waals surface area (Å²) in [5.74, 6) is 2.63. The lowest BCUT2D eigenvalue weighted by Gasteiger charge is -2.36. The number of rotatable bonds is 8. The second-order valence-electron chi connectivity index (χ2n) is 8.47. The molecule has 1 aromatic rings. The molecular formula is C23H31N3O3S2. The van der Waals surface area contributed by atoms with Crippen LogP contribution in [0.15, 0.2) is 24.3 Å². The number of piperidine rings is 1. The van der Waals surface area contributed by atoms with Crippen molar-refractivity contribution in [2.75, 3.05) is 31.1 Å². The zero-order valence-corrected chi connectivity index (χ0v) is 19.4. The lowest BCUT2D eigenvalue weighted by molar-refractivity contribution is -0.121. The summed E-state index contributed by atoms with van der Waals surface area (Å²) in [6, 6.07) is 8.08. The van der Waals surface area contributed by atoms with E-state index in [-0.39, 0.29) is 34.8 Å². The molecule has 1 aliphatic carbocycles. The van der Waals surface area contributed by atoms with Gasteiger partial charge in [-0.2, -0.15) is 0 Å². The Morgan fingerprint density at radius 1 is 1.03 bits per heavy atom. The second kappa shape index (κ2) is 10.8. The van der Waals surface area contributed by atoms with Gasteiger partial charge in [0.05, 0.1) is 0 Å². The molecule has 31 heavy (non-hydrogen) atoms. The Hall–Kier alpha value is -1.67. The molecule has 0 bridgehead atoms. The van der Waals surface area contributed by atoms with Crippen LogP contribution >= 0.6 is 23.5 Å². The summed E-state index contributed by atoms with van der Waals surface area (Å²) in [7, 11) is 0. The van der Waals surface area contributed by atoms with Crippen molar-refractivity contribution >= 4 is 41.2 Å². The molecule has 1 unspecified atom stereocenters. The molecule has 1 atom stereocenters. The van der Waals surface area contributed by atoms with Crippen LogP contribution in [0.2, 0.25) is 0 Å². The zero-order chi connectivity index (χ0) is 21.6. The lowest BCUT2D eigenvalue weighted by atomic mass is 9.99. The van der Waals surface area contributed by atoms with Crippen molar-refractivity contribution in [3.63, 3.8) is 0 Å². The number of nitrogens with zero attached hydrogens (tertiary/aromatic N) is 1. The van der Waals surface area contributed by atoms with E-state index in [2.05, 4.69) is 16.7 Å². The number of hydrogen-bond acceptors (Lipinski definition) is 5. The summed E-state index contributed by atoms with van der Waals surface area (Å²) in [6.45, 7) is 1.55. The van der Waals surface area contributed by atoms with Crippen LogP contribution in [0.5, 0.6) is 0 Å². The normalized spacial score (nSPS) is 21.7. The highest BCUT2D eigenvalue weighted by atomic mass is 32.2. The number of likely N-dealkylation sites (tertiary alicyclic amines) is 1. The molecule has 0 aromatic heterocycles. The van der Waals surface area contributed by atoms with Gasteiger partial charge < -0.3 is 15.5 Å². The molecule has 6 nitrogen and oxygen atoms in total. The second-order valence-corrected chi connectivity index (χ2v) is 11.2. The summed E-state index contributed by atoms with van der Waals surface area (Å²) in [5.41, 5.74) is 2.03. The quantitative estimate of drug-likeness (QED) is 0.622. The van der Waals surface area contributed by atoms with Gasteiger partial charge in [0.15, 0.2) is 0 Å². The van der Waals surface area contributed by atoms with Crippen molar-refractivity contribution in [1.29, 1.82) is 0 Å². The van der Waals surface area contributed by atoms with Gasteiger partial charge in [0, 0.05) is 49.2 Å². The molecule has 0 spiro atoms. The summed E-state index contributed by atoms with van der Waals surface area (Å²) >= 11 is 3.32. The van der Waals surface area contributed by atoms with Crippen LogP contribution in [0.3, 0.4) is 0 Å². The third kappa shape index (κ3) is 6.19. The Balaban J connectivity index is 1.24. The van der Waals surface area contributed by atoms with Gasteiger partial charge in [0.1, 0.15) is 4.58 Å². The first-order valence-electron chi connectivity index (χ1n) is 11.3. The zero-order valence-electron chi connectivity index (χ0n) is 17.8. The minimum Gasteiger partial charge on any atom is -0.354 e. The highest BCUT2D eigenvalue weighted by molar-refractivity contribution is 8.21. The average Bonchev–Trinajstić information content (AvgIpc) is 3.51. The van der Waals surface area contributed by atoms with E-state index in [1.165, 1.54) is 18.4 Å². The number of amides is 3. The van der Waals surface area contributed by atoms with Crippen LogP contribution in [0, 0.1) is 0 Å². The Morgan fingerprint density at radius 2 is 1.84 bits per heavy atom. The molecule has 2 heterocycles. The van der Waals surface area contributed by atoms with E-state index in [1.807, 2.05) is 23.1 Å². The fourth-order valence-electron chi connectivity index (χ4n) is 4.20. The maximum absolute atomic E-state index is 13.2.